The summed E-state index contributed by atoms with van der Waals surface area (Å²) >= 11 is 0. The number of methoxy groups -OCH3 is 2. The first kappa shape index (κ1) is 44.8. The minimum atomic E-state index is -1.09. The molecule has 5 N–H and O–H groups in total. The van der Waals surface area contributed by atoms with E-state index >= 15 is 0 Å². The zero-order valence-corrected chi connectivity index (χ0v) is 35.7. The normalized spacial score (nSPS) is 28.4. The second-order valence-electron chi connectivity index (χ2n) is 15.7. The summed E-state index contributed by atoms with van der Waals surface area (Å²) < 4.78 is 29.9. The van der Waals surface area contributed by atoms with Gasteiger partial charge in [-0.2, -0.15) is 0 Å². The van der Waals surface area contributed by atoms with Gasteiger partial charge in [-0.15, -0.1) is 0 Å². The molecule has 4 aromatic rings. The molecule has 1 amide bonds. The van der Waals surface area contributed by atoms with Crippen LogP contribution in [0.3, 0.4) is 0 Å². The number of aryl methyl sites for hydroxylation is 2. The number of aliphatic hydroxyl groups is 3. The number of fused-ring (bicyclic) bond motifs is 18. The summed E-state index contributed by atoms with van der Waals surface area (Å²) in [5.74, 6) is -3.95. The van der Waals surface area contributed by atoms with Gasteiger partial charge in [-0.1, -0.05) is 52.0 Å². The molecule has 2 aliphatic heterocycles. The Balaban J connectivity index is 1.82. The van der Waals surface area contributed by atoms with Crippen molar-refractivity contribution in [2.75, 3.05) is 19.5 Å². The highest BCUT2D eigenvalue weighted by Crippen LogP contribution is 2.46. The number of nitrogens with one attached hydrogen (secondary N) is 1. The van der Waals surface area contributed by atoms with Gasteiger partial charge in [0.2, 0.25) is 6.29 Å². The van der Waals surface area contributed by atoms with Gasteiger partial charge in [-0.25, -0.2) is 4.98 Å². The van der Waals surface area contributed by atoms with Crippen LogP contribution in [0.25, 0.3) is 33.0 Å². The van der Waals surface area contributed by atoms with E-state index in [2.05, 4.69) is 5.32 Å². The molecule has 14 heteroatoms. The summed E-state index contributed by atoms with van der Waals surface area (Å²) in [5, 5.41) is 48.3. The van der Waals surface area contributed by atoms with Gasteiger partial charge >= 0.3 is 0 Å². The summed E-state index contributed by atoms with van der Waals surface area (Å²) in [7, 11) is 2.94. The van der Waals surface area contributed by atoms with E-state index in [9.17, 15) is 34.8 Å². The van der Waals surface area contributed by atoms with Crippen LogP contribution in [0.2, 0.25) is 0 Å². The Labute approximate surface area is 343 Å². The Bertz CT molecular complexity index is 2430. The van der Waals surface area contributed by atoms with E-state index < -0.39 is 77.2 Å². The number of allylic oxidation sites excluding steroid dienone is 2. The summed E-state index contributed by atoms with van der Waals surface area (Å²) in [6.07, 6.45) is 2.74. The monoisotopic (exact) mass is 816 g/mol. The van der Waals surface area contributed by atoms with Gasteiger partial charge in [0.15, 0.2) is 33.9 Å². The molecule has 318 valence electrons. The zero-order chi connectivity index (χ0) is 43.8. The minimum absolute atomic E-state index is 0.00824. The van der Waals surface area contributed by atoms with Gasteiger partial charge in [0, 0.05) is 54.2 Å². The smallest absolute Gasteiger partial charge is 0.251 e. The maximum absolute atomic E-state index is 14.4. The number of hydrogen-bond donors (Lipinski definition) is 5. The lowest BCUT2D eigenvalue weighted by Crippen LogP contribution is -2.44. The summed E-state index contributed by atoms with van der Waals surface area (Å²) in [5.41, 5.74) is 0.944. The van der Waals surface area contributed by atoms with Gasteiger partial charge in [-0.3, -0.25) is 14.4 Å². The molecule has 3 aromatic carbocycles. The van der Waals surface area contributed by atoms with E-state index in [-0.39, 0.29) is 55.6 Å². The second kappa shape index (κ2) is 17.9. The minimum Gasteiger partial charge on any atom is -0.505 e. The lowest BCUT2D eigenvalue weighted by Gasteiger charge is -2.36. The third-order valence-corrected chi connectivity index (χ3v) is 11.6. The van der Waals surface area contributed by atoms with Crippen LogP contribution >= 0.6 is 0 Å². The van der Waals surface area contributed by atoms with Gasteiger partial charge in [0.05, 0.1) is 48.7 Å². The average molecular weight is 817 g/mol. The van der Waals surface area contributed by atoms with Crippen molar-refractivity contribution in [3.63, 3.8) is 0 Å². The van der Waals surface area contributed by atoms with Crippen LogP contribution < -0.4 is 20.2 Å². The average Bonchev–Trinajstić information content (AvgIpc) is 3.19. The maximum Gasteiger partial charge on any atom is 0.251 e. The van der Waals surface area contributed by atoms with Crippen molar-refractivity contribution in [2.45, 2.75) is 99.9 Å². The molecule has 9 atom stereocenters. The van der Waals surface area contributed by atoms with Crippen LogP contribution in [-0.4, -0.2) is 82.0 Å². The Morgan fingerprint density at radius 2 is 1.49 bits per heavy atom. The largest absolute Gasteiger partial charge is 0.505 e. The van der Waals surface area contributed by atoms with Crippen LogP contribution in [0.15, 0.2) is 51.4 Å². The van der Waals surface area contributed by atoms with Gasteiger partial charge < -0.3 is 49.1 Å². The van der Waals surface area contributed by atoms with Crippen molar-refractivity contribution >= 4 is 50.3 Å². The van der Waals surface area contributed by atoms with Crippen molar-refractivity contribution in [1.29, 1.82) is 0 Å². The van der Waals surface area contributed by atoms with Crippen molar-refractivity contribution in [1.82, 2.24) is 4.98 Å². The summed E-state index contributed by atoms with van der Waals surface area (Å²) in [4.78, 5) is 46.9. The number of benzene rings is 3. The number of amides is 1. The number of phenolic OH excluding ortho intramolecular Hbond substituents is 1. The van der Waals surface area contributed by atoms with Crippen LogP contribution in [0.5, 0.6) is 17.2 Å². The highest BCUT2D eigenvalue weighted by atomic mass is 16.7. The van der Waals surface area contributed by atoms with Gasteiger partial charge in [0.1, 0.15) is 22.5 Å². The number of ketones is 1. The van der Waals surface area contributed by atoms with E-state index in [1.165, 1.54) is 47.3 Å². The van der Waals surface area contributed by atoms with Crippen LogP contribution in [0, 0.1) is 44.4 Å². The van der Waals surface area contributed by atoms with Crippen molar-refractivity contribution in [3.8, 4) is 17.2 Å². The molecule has 0 saturated heterocycles. The fourth-order valence-electron chi connectivity index (χ4n) is 7.90. The molecule has 4 bridgehead atoms. The van der Waals surface area contributed by atoms with E-state index in [0.29, 0.717) is 16.8 Å². The first-order chi connectivity index (χ1) is 27.8. The van der Waals surface area contributed by atoms with Crippen molar-refractivity contribution in [3.05, 3.63) is 74.7 Å². The molecule has 6 rings (SSSR count). The SMILES string of the molecule is COc1c(C)cc(C)c2nc3c(oc12)c1c(O)c2c(=O)c(C)c(c(C(C)=O)c23)O[C@H](C)O/C=C/[C@H](OC)[C@@H](C)[C@@H](O)[C@H](C)[C@H](O)[C@H](C)[C@@H](O)[C@@H](C)/C=C/C=C(/C)C(=O)N1. The highest BCUT2D eigenvalue weighted by molar-refractivity contribution is 6.24. The first-order valence-corrected chi connectivity index (χ1v) is 19.6. The van der Waals surface area contributed by atoms with E-state index in [1.807, 2.05) is 19.9 Å². The topological polar surface area (TPSA) is 207 Å². The standard InChI is InChI=1S/C45H56N2O12/c1-19-14-13-15-20(2)45(54)47-35-40(53)32-31(34-43(35)59-44-33(46-34)21(3)18-22(4)41(44)56-12)30(27(9)48)42(26(8)39(32)52)58-28(10)57-17-16-29(55-11)23(5)37(50)25(7)38(51)24(6)36(19)49/h13-19,23-25,28-29,36-38,49-51,53H,1-12H3,(H,47,54)/b14-13+,17-16+,20-15-/t19-,23+,24+,25-,28+,29-,36-,37+,38+/m0/s1. The molecular formula is C45H56N2O12. The highest BCUT2D eigenvalue weighted by Gasteiger charge is 2.37. The summed E-state index contributed by atoms with van der Waals surface area (Å²) in [6, 6.07) is 1.85. The van der Waals surface area contributed by atoms with Crippen molar-refractivity contribution in [2.24, 2.45) is 23.7 Å². The van der Waals surface area contributed by atoms with E-state index in [0.717, 1.165) is 5.56 Å². The lowest BCUT2D eigenvalue weighted by molar-refractivity contribution is -0.112. The maximum atomic E-state index is 14.4. The number of Topliss-reactive ketones (excluding diaryl/α,β-unsaturated/α-hetero) is 1. The molecule has 0 spiro atoms. The molecule has 3 heterocycles. The Morgan fingerprint density at radius 3 is 2.12 bits per heavy atom. The molecular weight excluding hydrogens is 760 g/mol. The molecule has 0 fully saturated rings. The van der Waals surface area contributed by atoms with Crippen molar-refractivity contribution < 1.29 is 53.4 Å². The number of rotatable bonds is 3. The second-order valence-corrected chi connectivity index (χ2v) is 15.7. The van der Waals surface area contributed by atoms with Crippen LogP contribution in [0.1, 0.15) is 75.5 Å². The first-order valence-electron chi connectivity index (χ1n) is 19.6. The quantitative estimate of drug-likeness (QED) is 0.0633. The molecule has 2 aliphatic rings. The lowest BCUT2D eigenvalue weighted by atomic mass is 9.78. The number of aliphatic hydroxyl groups excluding tert-OH is 3. The molecule has 59 heavy (non-hydrogen) atoms. The zero-order valence-electron chi connectivity index (χ0n) is 35.7. The fourth-order valence-corrected chi connectivity index (χ4v) is 7.90. The fraction of sp³-hybridized carbons (Fsp3) is 0.467. The number of phenols is 1. The molecule has 0 saturated carbocycles. The molecule has 0 aliphatic carbocycles. The molecule has 0 unspecified atom stereocenters. The number of aromatic hydroxyl groups is 1. The predicted molar refractivity (Wildman–Crippen MR) is 225 cm³/mol. The van der Waals surface area contributed by atoms with E-state index in [4.69, 9.17) is 28.3 Å². The van der Waals surface area contributed by atoms with Gasteiger partial charge in [-0.05, 0) is 51.8 Å². The number of hydrogen-bond acceptors (Lipinski definition) is 13. The molecule has 14 nitrogen and oxygen atoms in total. The van der Waals surface area contributed by atoms with Crippen LogP contribution in [0.4, 0.5) is 5.69 Å². The summed E-state index contributed by atoms with van der Waals surface area (Å²) in [6.45, 7) is 16.4. The number of ether oxygens (including phenoxy) is 4. The molecule has 1 aromatic heterocycles. The van der Waals surface area contributed by atoms with E-state index in [1.54, 1.807) is 52.8 Å². The number of carbonyl (C=O) groups excluding carboxylic acids is 2. The predicted octanol–water partition coefficient (Wildman–Crippen LogP) is 6.69. The number of anilines is 1. The number of nitrogens with zero attached hydrogens (tertiary/aromatic N) is 1. The third-order valence-electron chi connectivity index (χ3n) is 11.6. The number of carbonyl (C=O) groups is 2. The molecule has 0 radical (unpaired) electrons. The van der Waals surface area contributed by atoms with Gasteiger partial charge in [0.25, 0.3) is 5.91 Å². The van der Waals surface area contributed by atoms with Crippen LogP contribution in [-0.2, 0) is 14.3 Å². The Hall–Kier alpha value is -5.28. The third kappa shape index (κ3) is 8.45. The Kier molecular flexibility index (Phi) is 13.6. The Morgan fingerprint density at radius 1 is 0.847 bits per heavy atom. The number of aromatic nitrogens is 1.